The van der Waals surface area contributed by atoms with E-state index in [0.29, 0.717) is 41.1 Å². The van der Waals surface area contributed by atoms with E-state index in [4.69, 9.17) is 16.1 Å². The smallest absolute Gasteiger partial charge is 0.253 e. The van der Waals surface area contributed by atoms with E-state index in [-0.39, 0.29) is 23.8 Å². The maximum Gasteiger partial charge on any atom is 0.253 e. The van der Waals surface area contributed by atoms with Crippen LogP contribution in [0.15, 0.2) is 53.1 Å². The van der Waals surface area contributed by atoms with Crippen LogP contribution in [0.5, 0.6) is 0 Å². The Morgan fingerprint density at radius 1 is 1.21 bits per heavy atom. The third kappa shape index (κ3) is 6.01. The van der Waals surface area contributed by atoms with Gasteiger partial charge in [0.25, 0.3) is 5.91 Å². The Balaban J connectivity index is 1.38. The summed E-state index contributed by atoms with van der Waals surface area (Å²) < 4.78 is 5.44. The zero-order valence-corrected chi connectivity index (χ0v) is 20.0. The molecular formula is C25H28ClN5O3. The number of amides is 2. The lowest BCUT2D eigenvalue weighted by molar-refractivity contribution is -0.121. The van der Waals surface area contributed by atoms with Crippen molar-refractivity contribution >= 4 is 29.1 Å². The average molecular weight is 482 g/mol. The van der Waals surface area contributed by atoms with E-state index in [0.717, 1.165) is 24.9 Å². The number of piperidine rings is 1. The Morgan fingerprint density at radius 3 is 2.82 bits per heavy atom. The molecule has 2 N–H and O–H groups in total. The van der Waals surface area contributed by atoms with E-state index in [1.54, 1.807) is 30.3 Å². The lowest BCUT2D eigenvalue weighted by atomic mass is 9.96. The second kappa shape index (κ2) is 10.8. The SMILES string of the molecule is CC(C)NC(=O)c1ccccc1NC(=O)C1CCCN(Cc2nc(-c3cccc(Cl)c3)no2)C1. The second-order valence-corrected chi connectivity index (χ2v) is 9.20. The fourth-order valence-electron chi connectivity index (χ4n) is 4.03. The van der Waals surface area contributed by atoms with Gasteiger partial charge in [0.15, 0.2) is 0 Å². The molecule has 0 spiro atoms. The number of rotatable bonds is 7. The van der Waals surface area contributed by atoms with E-state index in [9.17, 15) is 9.59 Å². The number of hydrogen-bond donors (Lipinski definition) is 2. The molecule has 4 rings (SSSR count). The third-order valence-corrected chi connectivity index (χ3v) is 5.87. The highest BCUT2D eigenvalue weighted by Crippen LogP contribution is 2.24. The first-order valence-electron chi connectivity index (χ1n) is 11.4. The Bertz CT molecular complexity index is 1160. The number of halogens is 1. The average Bonchev–Trinajstić information content (AvgIpc) is 3.27. The van der Waals surface area contributed by atoms with E-state index in [1.165, 1.54) is 0 Å². The number of nitrogens with one attached hydrogen (secondary N) is 2. The van der Waals surface area contributed by atoms with Crippen LogP contribution in [0.4, 0.5) is 5.69 Å². The molecule has 1 saturated heterocycles. The summed E-state index contributed by atoms with van der Waals surface area (Å²) in [6.07, 6.45) is 1.66. The molecule has 1 fully saturated rings. The summed E-state index contributed by atoms with van der Waals surface area (Å²) in [5, 5.41) is 10.5. The van der Waals surface area contributed by atoms with Gasteiger partial charge in [-0.1, -0.05) is 41.0 Å². The topological polar surface area (TPSA) is 100 Å². The van der Waals surface area contributed by atoms with E-state index in [1.807, 2.05) is 32.0 Å². The number of nitrogens with zero attached hydrogens (tertiary/aromatic N) is 3. The Hall–Kier alpha value is -3.23. The van der Waals surface area contributed by atoms with Crippen molar-refractivity contribution in [2.75, 3.05) is 18.4 Å². The van der Waals surface area contributed by atoms with Gasteiger partial charge in [0, 0.05) is 23.2 Å². The van der Waals surface area contributed by atoms with Crippen molar-refractivity contribution in [1.29, 1.82) is 0 Å². The van der Waals surface area contributed by atoms with Crippen LogP contribution in [0.2, 0.25) is 5.02 Å². The number of hydrogen-bond acceptors (Lipinski definition) is 6. The Morgan fingerprint density at radius 2 is 2.03 bits per heavy atom. The van der Waals surface area contributed by atoms with Crippen molar-refractivity contribution in [2.45, 2.75) is 39.3 Å². The standard InChI is InChI=1S/C25H28ClN5O3/c1-16(2)27-25(33)20-10-3-4-11-21(20)28-24(32)18-8-6-12-31(14-18)15-22-29-23(30-34-22)17-7-5-9-19(26)13-17/h3-5,7,9-11,13,16,18H,6,8,12,14-15H2,1-2H3,(H,27,33)(H,28,32). The van der Waals surface area contributed by atoms with Gasteiger partial charge >= 0.3 is 0 Å². The van der Waals surface area contributed by atoms with Crippen molar-refractivity contribution in [3.63, 3.8) is 0 Å². The minimum atomic E-state index is -0.205. The van der Waals surface area contributed by atoms with Crippen molar-refractivity contribution in [2.24, 2.45) is 5.92 Å². The lowest BCUT2D eigenvalue weighted by Gasteiger charge is -2.31. The molecule has 1 aliphatic rings. The number of likely N-dealkylation sites (tertiary alicyclic amines) is 1. The fourth-order valence-corrected chi connectivity index (χ4v) is 4.22. The monoisotopic (exact) mass is 481 g/mol. The molecular weight excluding hydrogens is 454 g/mol. The molecule has 9 heteroatoms. The van der Waals surface area contributed by atoms with Gasteiger partial charge in [-0.25, -0.2) is 0 Å². The summed E-state index contributed by atoms with van der Waals surface area (Å²) in [6, 6.07) is 14.4. The van der Waals surface area contributed by atoms with Gasteiger partial charge in [0.1, 0.15) is 0 Å². The highest BCUT2D eigenvalue weighted by atomic mass is 35.5. The molecule has 8 nitrogen and oxygen atoms in total. The molecule has 0 radical (unpaired) electrons. The highest BCUT2D eigenvalue weighted by molar-refractivity contribution is 6.30. The Kier molecular flexibility index (Phi) is 7.59. The second-order valence-electron chi connectivity index (χ2n) is 8.76. The molecule has 1 atom stereocenters. The zero-order chi connectivity index (χ0) is 24.1. The van der Waals surface area contributed by atoms with Crippen LogP contribution in [0.1, 0.15) is 42.9 Å². The molecule has 0 bridgehead atoms. The van der Waals surface area contributed by atoms with Crippen LogP contribution in [0, 0.1) is 5.92 Å². The molecule has 2 heterocycles. The number of anilines is 1. The van der Waals surface area contributed by atoms with Gasteiger partial charge in [0.05, 0.1) is 23.7 Å². The molecule has 0 aliphatic carbocycles. The number of para-hydroxylation sites is 1. The molecule has 2 amide bonds. The van der Waals surface area contributed by atoms with Crippen LogP contribution in [0.25, 0.3) is 11.4 Å². The normalized spacial score (nSPS) is 16.4. The van der Waals surface area contributed by atoms with Gasteiger partial charge in [-0.2, -0.15) is 4.98 Å². The molecule has 1 aromatic heterocycles. The van der Waals surface area contributed by atoms with Crippen molar-refractivity contribution < 1.29 is 14.1 Å². The first-order chi connectivity index (χ1) is 16.4. The van der Waals surface area contributed by atoms with Crippen LogP contribution >= 0.6 is 11.6 Å². The number of carbonyl (C=O) groups is 2. The molecule has 178 valence electrons. The minimum absolute atomic E-state index is 0.00672. The first-order valence-corrected chi connectivity index (χ1v) is 11.8. The van der Waals surface area contributed by atoms with E-state index < -0.39 is 0 Å². The zero-order valence-electron chi connectivity index (χ0n) is 19.3. The predicted octanol–water partition coefficient (Wildman–Crippen LogP) is 4.38. The molecule has 3 aromatic rings. The van der Waals surface area contributed by atoms with Crippen LogP contribution in [-0.4, -0.2) is 46.0 Å². The summed E-state index contributed by atoms with van der Waals surface area (Å²) >= 11 is 6.06. The molecule has 34 heavy (non-hydrogen) atoms. The predicted molar refractivity (Wildman–Crippen MR) is 130 cm³/mol. The highest BCUT2D eigenvalue weighted by Gasteiger charge is 2.28. The van der Waals surface area contributed by atoms with Gasteiger partial charge in [-0.3, -0.25) is 14.5 Å². The summed E-state index contributed by atoms with van der Waals surface area (Å²) in [5.74, 6) is 0.472. The molecule has 2 aromatic carbocycles. The summed E-state index contributed by atoms with van der Waals surface area (Å²) in [6.45, 7) is 5.67. The fraction of sp³-hybridized carbons (Fsp3) is 0.360. The van der Waals surface area contributed by atoms with E-state index >= 15 is 0 Å². The van der Waals surface area contributed by atoms with Crippen LogP contribution in [-0.2, 0) is 11.3 Å². The van der Waals surface area contributed by atoms with Crippen molar-refractivity contribution in [1.82, 2.24) is 20.4 Å². The maximum atomic E-state index is 13.1. The summed E-state index contributed by atoms with van der Waals surface area (Å²) in [4.78, 5) is 32.2. The van der Waals surface area contributed by atoms with Gasteiger partial charge in [-0.15, -0.1) is 0 Å². The van der Waals surface area contributed by atoms with Gasteiger partial charge in [-0.05, 0) is 57.5 Å². The third-order valence-electron chi connectivity index (χ3n) is 5.64. The van der Waals surface area contributed by atoms with Crippen LogP contribution < -0.4 is 10.6 Å². The summed E-state index contributed by atoms with van der Waals surface area (Å²) in [5.41, 5.74) is 1.76. The molecule has 0 saturated carbocycles. The van der Waals surface area contributed by atoms with Crippen LogP contribution in [0.3, 0.4) is 0 Å². The van der Waals surface area contributed by atoms with Crippen molar-refractivity contribution in [3.8, 4) is 11.4 Å². The van der Waals surface area contributed by atoms with Crippen molar-refractivity contribution in [3.05, 3.63) is 65.0 Å². The lowest BCUT2D eigenvalue weighted by Crippen LogP contribution is -2.40. The molecule has 1 unspecified atom stereocenters. The van der Waals surface area contributed by atoms with E-state index in [2.05, 4.69) is 25.7 Å². The summed E-state index contributed by atoms with van der Waals surface area (Å²) in [7, 11) is 0. The number of benzene rings is 2. The maximum absolute atomic E-state index is 13.1. The first kappa shape index (κ1) is 23.9. The minimum Gasteiger partial charge on any atom is -0.350 e. The Labute approximate surface area is 203 Å². The quantitative estimate of drug-likeness (QED) is 0.519. The molecule has 1 aliphatic heterocycles. The number of carbonyl (C=O) groups excluding carboxylic acids is 2. The number of aromatic nitrogens is 2. The van der Waals surface area contributed by atoms with Gasteiger partial charge < -0.3 is 15.2 Å². The largest absolute Gasteiger partial charge is 0.350 e. The van der Waals surface area contributed by atoms with Gasteiger partial charge in [0.2, 0.25) is 17.6 Å².